The third kappa shape index (κ3) is 3.87. The first kappa shape index (κ1) is 19.2. The minimum atomic E-state index is -0.352. The predicted octanol–water partition coefficient (Wildman–Crippen LogP) is 0.889. The predicted molar refractivity (Wildman–Crippen MR) is 105 cm³/mol. The normalized spacial score (nSPS) is 23.8. The molecule has 4 rings (SSSR count). The van der Waals surface area contributed by atoms with Crippen LogP contribution in [-0.2, 0) is 20.8 Å². The van der Waals surface area contributed by atoms with E-state index in [0.717, 1.165) is 11.4 Å². The summed E-state index contributed by atoms with van der Waals surface area (Å²) < 4.78 is 0. The van der Waals surface area contributed by atoms with E-state index in [1.165, 1.54) is 6.92 Å². The number of carbonyl (C=O) groups excluding carboxylic acids is 3. The van der Waals surface area contributed by atoms with Crippen LogP contribution >= 0.6 is 0 Å². The highest BCUT2D eigenvalue weighted by Crippen LogP contribution is 2.43. The van der Waals surface area contributed by atoms with Gasteiger partial charge in [-0.1, -0.05) is 30.3 Å². The summed E-state index contributed by atoms with van der Waals surface area (Å²) in [6.45, 7) is 2.50. The van der Waals surface area contributed by atoms with Gasteiger partial charge in [0, 0.05) is 38.8 Å². The number of nitrogens with zero attached hydrogens (tertiary/aromatic N) is 3. The summed E-state index contributed by atoms with van der Waals surface area (Å²) >= 11 is 0. The Morgan fingerprint density at radius 1 is 1.28 bits per heavy atom. The standard InChI is InChI=1S/C21H25N5O3/c1-14(27)25-12-16-11-17(21(29)24-8-7-18-22-9-10-23-18)20(26(16)19(28)13-25)15-5-3-2-4-6-15/h2-6,9-10,16-17,20H,7-8,11-13H2,1H3,(H,22,23)(H,24,29)/t16-,17-,20-/m0/s1. The van der Waals surface area contributed by atoms with Gasteiger partial charge in [0.25, 0.3) is 0 Å². The van der Waals surface area contributed by atoms with E-state index in [2.05, 4.69) is 15.3 Å². The number of benzene rings is 1. The highest BCUT2D eigenvalue weighted by Gasteiger charge is 2.50. The molecule has 2 N–H and O–H groups in total. The number of piperazine rings is 1. The fraction of sp³-hybridized carbons (Fsp3) is 0.429. The third-order valence-electron chi connectivity index (χ3n) is 5.78. The fourth-order valence-corrected chi connectivity index (χ4v) is 4.45. The molecule has 1 aromatic heterocycles. The van der Waals surface area contributed by atoms with Crippen molar-refractivity contribution in [2.24, 2.45) is 5.92 Å². The summed E-state index contributed by atoms with van der Waals surface area (Å²) in [6.07, 6.45) is 4.60. The van der Waals surface area contributed by atoms with Gasteiger partial charge in [-0.05, 0) is 12.0 Å². The number of amides is 3. The largest absolute Gasteiger partial charge is 0.355 e. The van der Waals surface area contributed by atoms with Crippen LogP contribution in [0.5, 0.6) is 0 Å². The number of fused-ring (bicyclic) bond motifs is 1. The van der Waals surface area contributed by atoms with Gasteiger partial charge in [-0.3, -0.25) is 14.4 Å². The molecule has 1 aromatic carbocycles. The van der Waals surface area contributed by atoms with Crippen molar-refractivity contribution in [2.45, 2.75) is 31.8 Å². The van der Waals surface area contributed by atoms with Crippen molar-refractivity contribution in [1.29, 1.82) is 0 Å². The lowest BCUT2D eigenvalue weighted by Gasteiger charge is -2.39. The fourth-order valence-electron chi connectivity index (χ4n) is 4.45. The summed E-state index contributed by atoms with van der Waals surface area (Å²) in [4.78, 5) is 48.4. The van der Waals surface area contributed by atoms with Gasteiger partial charge in [-0.25, -0.2) is 4.98 Å². The van der Waals surface area contributed by atoms with Crippen LogP contribution in [0.4, 0.5) is 0 Å². The monoisotopic (exact) mass is 395 g/mol. The number of aromatic nitrogens is 2. The Balaban J connectivity index is 1.53. The summed E-state index contributed by atoms with van der Waals surface area (Å²) in [6, 6.07) is 9.22. The van der Waals surface area contributed by atoms with E-state index in [-0.39, 0.29) is 42.3 Å². The van der Waals surface area contributed by atoms with E-state index in [9.17, 15) is 14.4 Å². The summed E-state index contributed by atoms with van der Waals surface area (Å²) in [5, 5.41) is 3.00. The van der Waals surface area contributed by atoms with Gasteiger partial charge in [0.1, 0.15) is 5.82 Å². The van der Waals surface area contributed by atoms with Crippen LogP contribution in [0.1, 0.15) is 30.8 Å². The molecule has 29 heavy (non-hydrogen) atoms. The number of nitrogens with one attached hydrogen (secondary N) is 2. The van der Waals surface area contributed by atoms with Crippen molar-refractivity contribution in [3.8, 4) is 0 Å². The molecular formula is C21H25N5O3. The Hall–Kier alpha value is -3.16. The highest BCUT2D eigenvalue weighted by molar-refractivity contribution is 5.88. The summed E-state index contributed by atoms with van der Waals surface area (Å²) in [5.41, 5.74) is 0.950. The van der Waals surface area contributed by atoms with Crippen LogP contribution < -0.4 is 5.32 Å². The van der Waals surface area contributed by atoms with Crippen molar-refractivity contribution >= 4 is 17.7 Å². The maximum absolute atomic E-state index is 13.1. The summed E-state index contributed by atoms with van der Waals surface area (Å²) in [7, 11) is 0. The lowest BCUT2D eigenvalue weighted by Crippen LogP contribution is -2.55. The zero-order valence-corrected chi connectivity index (χ0v) is 16.4. The molecule has 8 nitrogen and oxygen atoms in total. The van der Waals surface area contributed by atoms with Crippen molar-refractivity contribution in [3.63, 3.8) is 0 Å². The summed E-state index contributed by atoms with van der Waals surface area (Å²) in [5.74, 6) is 0.190. The van der Waals surface area contributed by atoms with Crippen LogP contribution in [0, 0.1) is 5.92 Å². The molecule has 3 heterocycles. The van der Waals surface area contributed by atoms with Crippen LogP contribution in [-0.4, -0.2) is 63.2 Å². The molecule has 2 fully saturated rings. The molecule has 0 bridgehead atoms. The molecule has 0 radical (unpaired) electrons. The molecule has 3 atom stereocenters. The number of hydrogen-bond acceptors (Lipinski definition) is 4. The molecule has 8 heteroatoms. The second-order valence-corrected chi connectivity index (χ2v) is 7.63. The molecule has 2 aliphatic heterocycles. The number of hydrogen-bond donors (Lipinski definition) is 2. The molecule has 3 amide bonds. The third-order valence-corrected chi connectivity index (χ3v) is 5.78. The van der Waals surface area contributed by atoms with E-state index in [1.807, 2.05) is 35.2 Å². The van der Waals surface area contributed by atoms with Gasteiger partial charge in [0.05, 0.1) is 24.5 Å². The molecule has 0 saturated carbocycles. The quantitative estimate of drug-likeness (QED) is 0.786. The van der Waals surface area contributed by atoms with Crippen LogP contribution in [0.2, 0.25) is 0 Å². The van der Waals surface area contributed by atoms with Crippen molar-refractivity contribution in [1.82, 2.24) is 25.1 Å². The minimum Gasteiger partial charge on any atom is -0.355 e. The Morgan fingerprint density at radius 2 is 2.07 bits per heavy atom. The van der Waals surface area contributed by atoms with E-state index in [1.54, 1.807) is 17.3 Å². The Bertz CT molecular complexity index is 883. The first-order chi connectivity index (χ1) is 14.0. The zero-order chi connectivity index (χ0) is 20.4. The van der Waals surface area contributed by atoms with Gasteiger partial charge < -0.3 is 20.1 Å². The van der Waals surface area contributed by atoms with Crippen LogP contribution in [0.15, 0.2) is 42.7 Å². The second-order valence-electron chi connectivity index (χ2n) is 7.63. The SMILES string of the molecule is CC(=O)N1CC(=O)N2[C@@H](C[C@H](C(=O)NCCc3ncc[nH]3)[C@@H]2c2ccccc2)C1. The van der Waals surface area contributed by atoms with E-state index < -0.39 is 0 Å². The number of carbonyl (C=O) groups is 3. The van der Waals surface area contributed by atoms with Gasteiger partial charge in [-0.2, -0.15) is 0 Å². The Morgan fingerprint density at radius 3 is 2.76 bits per heavy atom. The molecule has 2 saturated heterocycles. The van der Waals surface area contributed by atoms with Gasteiger partial charge in [0.15, 0.2) is 0 Å². The van der Waals surface area contributed by atoms with E-state index >= 15 is 0 Å². The molecule has 2 aliphatic rings. The van der Waals surface area contributed by atoms with Crippen LogP contribution in [0.3, 0.4) is 0 Å². The van der Waals surface area contributed by atoms with Crippen molar-refractivity contribution in [2.75, 3.05) is 19.6 Å². The maximum Gasteiger partial charge on any atom is 0.243 e. The van der Waals surface area contributed by atoms with Gasteiger partial charge in [0.2, 0.25) is 17.7 Å². The zero-order valence-electron chi connectivity index (χ0n) is 16.4. The molecule has 2 aromatic rings. The smallest absolute Gasteiger partial charge is 0.243 e. The lowest BCUT2D eigenvalue weighted by atomic mass is 9.92. The molecule has 0 unspecified atom stereocenters. The first-order valence-corrected chi connectivity index (χ1v) is 9.92. The lowest BCUT2D eigenvalue weighted by molar-refractivity contribution is -0.148. The minimum absolute atomic E-state index is 0.0676. The molecule has 152 valence electrons. The average molecular weight is 395 g/mol. The van der Waals surface area contributed by atoms with Gasteiger partial charge >= 0.3 is 0 Å². The average Bonchev–Trinajstić information content (AvgIpc) is 3.36. The van der Waals surface area contributed by atoms with Crippen LogP contribution in [0.25, 0.3) is 0 Å². The number of H-pyrrole nitrogens is 1. The van der Waals surface area contributed by atoms with Crippen molar-refractivity contribution in [3.05, 3.63) is 54.1 Å². The number of imidazole rings is 1. The Labute approximate surface area is 169 Å². The molecule has 0 aliphatic carbocycles. The first-order valence-electron chi connectivity index (χ1n) is 9.92. The van der Waals surface area contributed by atoms with E-state index in [0.29, 0.717) is 25.9 Å². The number of aromatic amines is 1. The molecular weight excluding hydrogens is 370 g/mol. The maximum atomic E-state index is 13.1. The second kappa shape index (κ2) is 8.06. The topological polar surface area (TPSA) is 98.4 Å². The van der Waals surface area contributed by atoms with Crippen molar-refractivity contribution < 1.29 is 14.4 Å². The Kier molecular flexibility index (Phi) is 5.33. The van der Waals surface area contributed by atoms with E-state index in [4.69, 9.17) is 0 Å². The molecule has 0 spiro atoms. The highest BCUT2D eigenvalue weighted by atomic mass is 16.2. The number of rotatable bonds is 5. The van der Waals surface area contributed by atoms with Gasteiger partial charge in [-0.15, -0.1) is 0 Å².